The molecule has 84 valence electrons. The number of nitrogens with two attached hydrogens (primary N) is 1. The van der Waals surface area contributed by atoms with E-state index in [4.69, 9.17) is 5.73 Å². The van der Waals surface area contributed by atoms with Crippen molar-refractivity contribution in [2.24, 2.45) is 0 Å². The number of fused-ring (bicyclic) bond motifs is 1. The van der Waals surface area contributed by atoms with Gasteiger partial charge in [-0.1, -0.05) is 12.1 Å². The number of anilines is 1. The molecule has 0 bridgehead atoms. The second kappa shape index (κ2) is 3.55. The van der Waals surface area contributed by atoms with Crippen molar-refractivity contribution in [3.8, 4) is 11.5 Å². The summed E-state index contributed by atoms with van der Waals surface area (Å²) < 4.78 is 13.5. The van der Waals surface area contributed by atoms with E-state index in [1.54, 1.807) is 30.3 Å². The predicted molar refractivity (Wildman–Crippen MR) is 63.7 cm³/mol. The zero-order valence-corrected chi connectivity index (χ0v) is 8.81. The van der Waals surface area contributed by atoms with Gasteiger partial charge in [0, 0.05) is 0 Å². The number of benzene rings is 1. The van der Waals surface area contributed by atoms with Crippen LogP contribution in [0.25, 0.3) is 22.6 Å². The van der Waals surface area contributed by atoms with Crippen LogP contribution in [0.3, 0.4) is 0 Å². The topological polar surface area (TPSA) is 67.6 Å². The molecule has 0 unspecified atom stereocenters. The highest BCUT2D eigenvalue weighted by atomic mass is 19.1. The summed E-state index contributed by atoms with van der Waals surface area (Å²) in [6.45, 7) is 0. The van der Waals surface area contributed by atoms with Gasteiger partial charge in [0.25, 0.3) is 0 Å². The summed E-state index contributed by atoms with van der Waals surface area (Å²) in [6, 6.07) is 10.0. The monoisotopic (exact) mass is 228 g/mol. The van der Waals surface area contributed by atoms with Crippen molar-refractivity contribution in [2.75, 3.05) is 5.73 Å². The minimum Gasteiger partial charge on any atom is -0.384 e. The fraction of sp³-hybridized carbons (Fsp3) is 0. The van der Waals surface area contributed by atoms with Crippen LogP contribution in [0.15, 0.2) is 36.4 Å². The molecule has 5 heteroatoms. The van der Waals surface area contributed by atoms with Crippen molar-refractivity contribution in [1.29, 1.82) is 0 Å². The molecule has 0 fully saturated rings. The number of nitrogens with one attached hydrogen (secondary N) is 1. The van der Waals surface area contributed by atoms with E-state index in [2.05, 4.69) is 15.0 Å². The summed E-state index contributed by atoms with van der Waals surface area (Å²) in [7, 11) is 0. The molecule has 0 aliphatic carbocycles. The van der Waals surface area contributed by atoms with E-state index in [-0.39, 0.29) is 5.82 Å². The lowest BCUT2D eigenvalue weighted by Crippen LogP contribution is -1.92. The van der Waals surface area contributed by atoms with Crippen LogP contribution < -0.4 is 5.73 Å². The zero-order chi connectivity index (χ0) is 11.8. The van der Waals surface area contributed by atoms with Gasteiger partial charge in [-0.05, 0) is 24.3 Å². The average molecular weight is 228 g/mol. The molecule has 0 spiro atoms. The Kier molecular flexibility index (Phi) is 2.04. The first-order valence-corrected chi connectivity index (χ1v) is 5.11. The number of hydrogen-bond donors (Lipinski definition) is 2. The molecule has 3 rings (SSSR count). The molecule has 0 amide bonds. The first kappa shape index (κ1) is 9.77. The summed E-state index contributed by atoms with van der Waals surface area (Å²) in [4.78, 5) is 11.3. The second-order valence-electron chi connectivity index (χ2n) is 3.67. The molecule has 0 saturated carbocycles. The summed E-state index contributed by atoms with van der Waals surface area (Å²) in [5, 5.41) is 0. The maximum absolute atomic E-state index is 13.5. The lowest BCUT2D eigenvalue weighted by atomic mass is 10.3. The lowest BCUT2D eigenvalue weighted by Gasteiger charge is -1.96. The highest BCUT2D eigenvalue weighted by Gasteiger charge is 2.09. The van der Waals surface area contributed by atoms with Gasteiger partial charge in [-0.15, -0.1) is 0 Å². The number of H-pyrrole nitrogens is 1. The van der Waals surface area contributed by atoms with Gasteiger partial charge in [0.15, 0.2) is 11.6 Å². The number of pyridine rings is 1. The molecule has 4 nitrogen and oxygen atoms in total. The molecule has 0 aliphatic heterocycles. The van der Waals surface area contributed by atoms with Crippen molar-refractivity contribution < 1.29 is 4.39 Å². The number of nitrogen functional groups attached to an aromatic ring is 1. The standard InChI is InChI=1S/C12H9FN4/c13-7-3-1-4-8-11(7)17-12(16-8)9-5-2-6-10(14)15-9/h1-6H,(H2,14,15)(H,16,17). The minimum atomic E-state index is -0.353. The van der Waals surface area contributed by atoms with Gasteiger partial charge < -0.3 is 10.7 Å². The Balaban J connectivity index is 2.22. The van der Waals surface area contributed by atoms with Gasteiger partial charge in [0.05, 0.1) is 5.52 Å². The Bertz CT molecular complexity index is 690. The number of nitrogens with zero attached hydrogens (tertiary/aromatic N) is 2. The van der Waals surface area contributed by atoms with Gasteiger partial charge in [0.2, 0.25) is 0 Å². The maximum atomic E-state index is 13.5. The molecule has 3 aromatic rings. The van der Waals surface area contributed by atoms with Crippen molar-refractivity contribution in [3.05, 3.63) is 42.2 Å². The first-order chi connectivity index (χ1) is 8.24. The highest BCUT2D eigenvalue weighted by molar-refractivity contribution is 5.79. The molecule has 0 aliphatic rings. The third kappa shape index (κ3) is 1.61. The van der Waals surface area contributed by atoms with Crippen molar-refractivity contribution in [2.45, 2.75) is 0 Å². The Hall–Kier alpha value is -2.43. The first-order valence-electron chi connectivity index (χ1n) is 5.11. The van der Waals surface area contributed by atoms with Crippen LogP contribution in [0.4, 0.5) is 10.2 Å². The highest BCUT2D eigenvalue weighted by Crippen LogP contribution is 2.21. The van der Waals surface area contributed by atoms with Crippen LogP contribution in [0.1, 0.15) is 0 Å². The van der Waals surface area contributed by atoms with Crippen molar-refractivity contribution >= 4 is 16.9 Å². The Morgan fingerprint density at radius 1 is 1.06 bits per heavy atom. The van der Waals surface area contributed by atoms with E-state index in [0.717, 1.165) is 0 Å². The number of halogens is 1. The van der Waals surface area contributed by atoms with Gasteiger partial charge in [-0.2, -0.15) is 0 Å². The zero-order valence-electron chi connectivity index (χ0n) is 8.81. The second-order valence-corrected chi connectivity index (χ2v) is 3.67. The van der Waals surface area contributed by atoms with Crippen LogP contribution in [0, 0.1) is 5.82 Å². The molecule has 2 aromatic heterocycles. The Morgan fingerprint density at radius 2 is 1.88 bits per heavy atom. The van der Waals surface area contributed by atoms with E-state index in [0.29, 0.717) is 28.4 Å². The molecule has 1 aromatic carbocycles. The molecule has 2 heterocycles. The lowest BCUT2D eigenvalue weighted by molar-refractivity contribution is 0.637. The van der Waals surface area contributed by atoms with E-state index in [1.165, 1.54) is 6.07 Å². The van der Waals surface area contributed by atoms with Crippen LogP contribution in [0.5, 0.6) is 0 Å². The minimum absolute atomic E-state index is 0.312. The van der Waals surface area contributed by atoms with E-state index in [9.17, 15) is 4.39 Å². The third-order valence-corrected chi connectivity index (χ3v) is 2.48. The maximum Gasteiger partial charge on any atom is 0.157 e. The fourth-order valence-corrected chi connectivity index (χ4v) is 1.70. The number of aromatic nitrogens is 3. The molecule has 3 N–H and O–H groups in total. The van der Waals surface area contributed by atoms with Gasteiger partial charge in [-0.25, -0.2) is 14.4 Å². The molecular weight excluding hydrogens is 219 g/mol. The number of imidazole rings is 1. The average Bonchev–Trinajstić information content (AvgIpc) is 2.74. The van der Waals surface area contributed by atoms with Crippen LogP contribution >= 0.6 is 0 Å². The van der Waals surface area contributed by atoms with Gasteiger partial charge >= 0.3 is 0 Å². The molecule has 17 heavy (non-hydrogen) atoms. The smallest absolute Gasteiger partial charge is 0.157 e. The normalized spacial score (nSPS) is 10.9. The van der Waals surface area contributed by atoms with Crippen LogP contribution in [-0.2, 0) is 0 Å². The van der Waals surface area contributed by atoms with E-state index < -0.39 is 0 Å². The third-order valence-electron chi connectivity index (χ3n) is 2.48. The van der Waals surface area contributed by atoms with Gasteiger partial charge in [-0.3, -0.25) is 0 Å². The predicted octanol–water partition coefficient (Wildman–Crippen LogP) is 2.35. The summed E-state index contributed by atoms with van der Waals surface area (Å²) >= 11 is 0. The Morgan fingerprint density at radius 3 is 2.65 bits per heavy atom. The van der Waals surface area contributed by atoms with Crippen LogP contribution in [-0.4, -0.2) is 15.0 Å². The molecule has 0 atom stereocenters. The molecular formula is C12H9FN4. The molecule has 0 saturated heterocycles. The van der Waals surface area contributed by atoms with Crippen molar-refractivity contribution in [3.63, 3.8) is 0 Å². The summed E-state index contributed by atoms with van der Waals surface area (Å²) in [5.41, 5.74) is 7.15. The SMILES string of the molecule is Nc1cccc(-c2nc3c(F)cccc3[nH]2)n1. The summed E-state index contributed by atoms with van der Waals surface area (Å²) in [6.07, 6.45) is 0. The number of hydrogen-bond acceptors (Lipinski definition) is 3. The van der Waals surface area contributed by atoms with Crippen molar-refractivity contribution in [1.82, 2.24) is 15.0 Å². The molecule has 0 radical (unpaired) electrons. The van der Waals surface area contributed by atoms with E-state index in [1.807, 2.05) is 0 Å². The van der Waals surface area contributed by atoms with Crippen LogP contribution in [0.2, 0.25) is 0 Å². The quantitative estimate of drug-likeness (QED) is 0.671. The number of rotatable bonds is 1. The van der Waals surface area contributed by atoms with E-state index >= 15 is 0 Å². The Labute approximate surface area is 96.3 Å². The fourth-order valence-electron chi connectivity index (χ4n) is 1.70. The number of aromatic amines is 1. The largest absolute Gasteiger partial charge is 0.384 e. The van der Waals surface area contributed by atoms with Gasteiger partial charge in [0.1, 0.15) is 17.0 Å². The summed E-state index contributed by atoms with van der Waals surface area (Å²) in [5.74, 6) is 0.565. The number of para-hydroxylation sites is 1.